The first-order chi connectivity index (χ1) is 8.11. The number of hydrogen-bond acceptors (Lipinski definition) is 2. The van der Waals surface area contributed by atoms with Gasteiger partial charge in [-0.25, -0.2) is 0 Å². The molecule has 0 aliphatic heterocycles. The average Bonchev–Trinajstić information content (AvgIpc) is 2.29. The Morgan fingerprint density at radius 3 is 2.53 bits per heavy atom. The number of Topliss-reactive ketones (excluding diaryl/α,β-unsaturated/α-hetero) is 1. The molecule has 0 spiro atoms. The predicted octanol–water partition coefficient (Wildman–Crippen LogP) is 2.78. The quantitative estimate of drug-likeness (QED) is 0.722. The van der Waals surface area contributed by atoms with E-state index in [1.165, 1.54) is 0 Å². The molecule has 94 valence electrons. The minimum absolute atomic E-state index is 0.294. The second-order valence-electron chi connectivity index (χ2n) is 4.91. The lowest BCUT2D eigenvalue weighted by Gasteiger charge is -2.19. The van der Waals surface area contributed by atoms with E-state index in [1.54, 1.807) is 0 Å². The van der Waals surface area contributed by atoms with Gasteiger partial charge < -0.3 is 0 Å². The zero-order valence-corrected chi connectivity index (χ0v) is 11.1. The van der Waals surface area contributed by atoms with Crippen molar-refractivity contribution in [3.05, 3.63) is 35.9 Å². The predicted molar refractivity (Wildman–Crippen MR) is 72.1 cm³/mol. The van der Waals surface area contributed by atoms with Crippen LogP contribution in [0.15, 0.2) is 30.3 Å². The van der Waals surface area contributed by atoms with E-state index in [9.17, 15) is 4.79 Å². The highest BCUT2D eigenvalue weighted by atomic mass is 16.1. The van der Waals surface area contributed by atoms with Crippen molar-refractivity contribution < 1.29 is 4.79 Å². The van der Waals surface area contributed by atoms with Crippen LogP contribution in [0, 0.1) is 5.92 Å². The van der Waals surface area contributed by atoms with Crippen LogP contribution in [0.1, 0.15) is 25.8 Å². The van der Waals surface area contributed by atoms with Crippen molar-refractivity contribution >= 4 is 5.78 Å². The first kappa shape index (κ1) is 13.9. The molecule has 17 heavy (non-hydrogen) atoms. The molecule has 0 aromatic heterocycles. The van der Waals surface area contributed by atoms with Gasteiger partial charge in [0.2, 0.25) is 0 Å². The number of ketones is 1. The van der Waals surface area contributed by atoms with Crippen molar-refractivity contribution in [2.45, 2.75) is 26.7 Å². The van der Waals surface area contributed by atoms with Crippen molar-refractivity contribution in [3.8, 4) is 0 Å². The number of carbonyl (C=O) groups excluding carboxylic acids is 1. The largest absolute Gasteiger partial charge is 0.299 e. The third-order valence-corrected chi connectivity index (χ3v) is 3.01. The van der Waals surface area contributed by atoms with Crippen molar-refractivity contribution in [2.24, 2.45) is 5.92 Å². The van der Waals surface area contributed by atoms with Gasteiger partial charge in [0.15, 0.2) is 5.78 Å². The van der Waals surface area contributed by atoms with E-state index in [1.807, 2.05) is 37.4 Å². The standard InChI is InChI=1S/C15H23NO/c1-4-13(2)11-16(3)12-15(17)10-14-8-6-5-7-9-14/h5-9,13H,4,10-12H2,1-3H3. The summed E-state index contributed by atoms with van der Waals surface area (Å²) in [6.07, 6.45) is 1.71. The first-order valence-corrected chi connectivity index (χ1v) is 6.36. The van der Waals surface area contributed by atoms with Crippen molar-refractivity contribution in [1.82, 2.24) is 4.90 Å². The van der Waals surface area contributed by atoms with Crippen molar-refractivity contribution in [3.63, 3.8) is 0 Å². The van der Waals surface area contributed by atoms with E-state index in [0.717, 1.165) is 18.5 Å². The minimum atomic E-state index is 0.294. The fourth-order valence-corrected chi connectivity index (χ4v) is 1.91. The van der Waals surface area contributed by atoms with Crippen LogP contribution >= 0.6 is 0 Å². The molecule has 1 atom stereocenters. The summed E-state index contributed by atoms with van der Waals surface area (Å²) in [4.78, 5) is 14.0. The molecule has 0 aliphatic carbocycles. The maximum atomic E-state index is 11.9. The molecule has 0 saturated heterocycles. The fraction of sp³-hybridized carbons (Fsp3) is 0.533. The number of rotatable bonds is 7. The average molecular weight is 233 g/mol. The summed E-state index contributed by atoms with van der Waals surface area (Å²) < 4.78 is 0. The maximum Gasteiger partial charge on any atom is 0.151 e. The van der Waals surface area contributed by atoms with E-state index >= 15 is 0 Å². The molecule has 0 heterocycles. The number of likely N-dealkylation sites (N-methyl/N-ethyl adjacent to an activating group) is 1. The second kappa shape index (κ2) is 7.23. The lowest BCUT2D eigenvalue weighted by molar-refractivity contribution is -0.119. The molecule has 0 bridgehead atoms. The molecule has 1 aromatic rings. The van der Waals surface area contributed by atoms with Crippen LogP contribution in [0.5, 0.6) is 0 Å². The Hall–Kier alpha value is -1.15. The van der Waals surface area contributed by atoms with E-state index in [4.69, 9.17) is 0 Å². The monoisotopic (exact) mass is 233 g/mol. The number of nitrogens with zero attached hydrogens (tertiary/aromatic N) is 1. The van der Waals surface area contributed by atoms with E-state index in [-0.39, 0.29) is 0 Å². The summed E-state index contributed by atoms with van der Waals surface area (Å²) in [5.74, 6) is 0.950. The van der Waals surface area contributed by atoms with Gasteiger partial charge in [0.1, 0.15) is 0 Å². The van der Waals surface area contributed by atoms with Crippen molar-refractivity contribution in [1.29, 1.82) is 0 Å². The second-order valence-corrected chi connectivity index (χ2v) is 4.91. The summed E-state index contributed by atoms with van der Waals surface area (Å²) >= 11 is 0. The molecule has 0 N–H and O–H groups in total. The molecule has 1 unspecified atom stereocenters. The molecule has 2 nitrogen and oxygen atoms in total. The van der Waals surface area contributed by atoms with Crippen LogP contribution in [0.4, 0.5) is 0 Å². The minimum Gasteiger partial charge on any atom is -0.299 e. The number of hydrogen-bond donors (Lipinski definition) is 0. The summed E-state index contributed by atoms with van der Waals surface area (Å²) in [5.41, 5.74) is 1.11. The topological polar surface area (TPSA) is 20.3 Å². The van der Waals surface area contributed by atoms with Crippen LogP contribution < -0.4 is 0 Å². The van der Waals surface area contributed by atoms with Crippen LogP contribution in [-0.2, 0) is 11.2 Å². The first-order valence-electron chi connectivity index (χ1n) is 6.36. The molecule has 0 saturated carbocycles. The van der Waals surface area contributed by atoms with Gasteiger partial charge in [-0.1, -0.05) is 50.6 Å². The Bertz CT molecular complexity index is 334. The SMILES string of the molecule is CCC(C)CN(C)CC(=O)Cc1ccccc1. The summed E-state index contributed by atoms with van der Waals surface area (Å²) in [6.45, 7) is 5.96. The van der Waals surface area contributed by atoms with Gasteiger partial charge in [0.25, 0.3) is 0 Å². The lowest BCUT2D eigenvalue weighted by Crippen LogP contribution is -2.30. The molecule has 0 fully saturated rings. The molecular weight excluding hydrogens is 210 g/mol. The molecule has 2 heteroatoms. The Morgan fingerprint density at radius 2 is 1.94 bits per heavy atom. The van der Waals surface area contributed by atoms with Crippen LogP contribution in [0.25, 0.3) is 0 Å². The van der Waals surface area contributed by atoms with Gasteiger partial charge in [-0.15, -0.1) is 0 Å². The van der Waals surface area contributed by atoms with Crippen LogP contribution in [-0.4, -0.2) is 30.8 Å². The van der Waals surface area contributed by atoms with Crippen LogP contribution in [0.2, 0.25) is 0 Å². The maximum absolute atomic E-state index is 11.9. The third kappa shape index (κ3) is 5.64. The Labute approximate surface area is 105 Å². The number of carbonyl (C=O) groups is 1. The van der Waals surface area contributed by atoms with E-state index in [0.29, 0.717) is 24.7 Å². The molecule has 1 aromatic carbocycles. The summed E-state index contributed by atoms with van der Waals surface area (Å²) in [5, 5.41) is 0. The van der Waals surface area contributed by atoms with Gasteiger partial charge in [0.05, 0.1) is 6.54 Å². The van der Waals surface area contributed by atoms with Gasteiger partial charge in [-0.3, -0.25) is 9.69 Å². The van der Waals surface area contributed by atoms with Gasteiger partial charge in [-0.2, -0.15) is 0 Å². The Balaban J connectivity index is 2.34. The van der Waals surface area contributed by atoms with Gasteiger partial charge in [0, 0.05) is 13.0 Å². The third-order valence-electron chi connectivity index (χ3n) is 3.01. The lowest BCUT2D eigenvalue weighted by atomic mass is 10.1. The van der Waals surface area contributed by atoms with Gasteiger partial charge in [-0.05, 0) is 18.5 Å². The highest BCUT2D eigenvalue weighted by Gasteiger charge is 2.09. The molecule has 0 radical (unpaired) electrons. The normalized spacial score (nSPS) is 12.7. The zero-order chi connectivity index (χ0) is 12.7. The molecule has 0 amide bonds. The fourth-order valence-electron chi connectivity index (χ4n) is 1.91. The molecule has 0 aliphatic rings. The highest BCUT2D eigenvalue weighted by molar-refractivity contribution is 5.82. The van der Waals surface area contributed by atoms with Gasteiger partial charge >= 0.3 is 0 Å². The molecule has 1 rings (SSSR count). The zero-order valence-electron chi connectivity index (χ0n) is 11.1. The van der Waals surface area contributed by atoms with E-state index < -0.39 is 0 Å². The van der Waals surface area contributed by atoms with Crippen molar-refractivity contribution in [2.75, 3.05) is 20.1 Å². The Kier molecular flexibility index (Phi) is 5.92. The summed E-state index contributed by atoms with van der Waals surface area (Å²) in [6, 6.07) is 9.94. The molecular formula is C15H23NO. The Morgan fingerprint density at radius 1 is 1.29 bits per heavy atom. The smallest absolute Gasteiger partial charge is 0.151 e. The summed E-state index contributed by atoms with van der Waals surface area (Å²) in [7, 11) is 2.02. The highest BCUT2D eigenvalue weighted by Crippen LogP contribution is 2.04. The number of benzene rings is 1. The van der Waals surface area contributed by atoms with E-state index in [2.05, 4.69) is 18.7 Å². The van der Waals surface area contributed by atoms with Crippen LogP contribution in [0.3, 0.4) is 0 Å².